The first kappa shape index (κ1) is 23.3. The largest absolute Gasteiger partial charge is 0.497 e. The van der Waals surface area contributed by atoms with Crippen molar-refractivity contribution >= 4 is 5.69 Å². The van der Waals surface area contributed by atoms with E-state index in [4.69, 9.17) is 4.74 Å². The van der Waals surface area contributed by atoms with Crippen LogP contribution in [0.4, 0.5) is 5.69 Å². The molecule has 1 fully saturated rings. The Hall–Kier alpha value is -2.82. The van der Waals surface area contributed by atoms with Gasteiger partial charge in [-0.25, -0.2) is 0 Å². The molecule has 1 aliphatic rings. The minimum atomic E-state index is 0.483. The maximum atomic E-state index is 5.27. The lowest BCUT2D eigenvalue weighted by molar-refractivity contribution is 0.120. The average Bonchev–Trinajstić information content (AvgIpc) is 2.86. The fourth-order valence-electron chi connectivity index (χ4n) is 4.68. The number of benzene rings is 3. The van der Waals surface area contributed by atoms with E-state index in [0.29, 0.717) is 12.1 Å². The molecule has 0 aromatic heterocycles. The Morgan fingerprint density at radius 1 is 0.848 bits per heavy atom. The highest BCUT2D eigenvalue weighted by Crippen LogP contribution is 2.21. The van der Waals surface area contributed by atoms with E-state index in [-0.39, 0.29) is 0 Å². The fraction of sp³-hybridized carbons (Fsp3) is 0.379. The highest BCUT2D eigenvalue weighted by atomic mass is 16.5. The minimum Gasteiger partial charge on any atom is -0.497 e. The lowest BCUT2D eigenvalue weighted by Crippen LogP contribution is -2.46. The molecular weight excluding hydrogens is 406 g/mol. The van der Waals surface area contributed by atoms with Gasteiger partial charge < -0.3 is 15.0 Å². The van der Waals surface area contributed by atoms with Crippen LogP contribution in [0.25, 0.3) is 0 Å². The molecule has 33 heavy (non-hydrogen) atoms. The minimum absolute atomic E-state index is 0.483. The topological polar surface area (TPSA) is 27.7 Å². The molecule has 1 N–H and O–H groups in total. The monoisotopic (exact) mass is 443 g/mol. The molecule has 3 aromatic carbocycles. The molecule has 0 saturated carbocycles. The van der Waals surface area contributed by atoms with E-state index in [1.807, 2.05) is 12.1 Å². The summed E-state index contributed by atoms with van der Waals surface area (Å²) in [7, 11) is 1.71. The predicted molar refractivity (Wildman–Crippen MR) is 138 cm³/mol. The lowest BCUT2D eigenvalue weighted by atomic mass is 10.0. The van der Waals surface area contributed by atoms with Gasteiger partial charge in [-0.05, 0) is 55.2 Å². The van der Waals surface area contributed by atoms with Gasteiger partial charge in [-0.2, -0.15) is 0 Å². The normalized spacial score (nSPS) is 16.0. The Morgan fingerprint density at radius 2 is 1.39 bits per heavy atom. The number of ether oxygens (including phenoxy) is 1. The van der Waals surface area contributed by atoms with Crippen molar-refractivity contribution in [3.8, 4) is 5.75 Å². The van der Waals surface area contributed by atoms with Crippen molar-refractivity contribution in [1.82, 2.24) is 9.80 Å². The molecule has 4 rings (SSSR count). The van der Waals surface area contributed by atoms with Crippen molar-refractivity contribution < 1.29 is 4.74 Å². The van der Waals surface area contributed by atoms with Crippen molar-refractivity contribution in [3.63, 3.8) is 0 Å². The maximum absolute atomic E-state index is 5.27. The van der Waals surface area contributed by atoms with Gasteiger partial charge in [-0.15, -0.1) is 0 Å². The summed E-state index contributed by atoms with van der Waals surface area (Å²) in [6.07, 6.45) is 2.35. The Bertz CT molecular complexity index is 896. The highest BCUT2D eigenvalue weighted by Gasteiger charge is 2.23. The molecule has 4 heteroatoms. The van der Waals surface area contributed by atoms with Crippen molar-refractivity contribution in [3.05, 3.63) is 96.1 Å². The maximum Gasteiger partial charge on any atom is 0.119 e. The summed E-state index contributed by atoms with van der Waals surface area (Å²) in [5, 5.41) is 3.70. The number of nitrogens with one attached hydrogen (secondary N) is 1. The van der Waals surface area contributed by atoms with Crippen LogP contribution >= 0.6 is 0 Å². The second kappa shape index (κ2) is 11.9. The van der Waals surface area contributed by atoms with Crippen molar-refractivity contribution in [1.29, 1.82) is 0 Å². The van der Waals surface area contributed by atoms with Crippen LogP contribution < -0.4 is 10.1 Å². The molecule has 3 aromatic rings. The van der Waals surface area contributed by atoms with Crippen LogP contribution in [0.5, 0.6) is 5.75 Å². The zero-order valence-electron chi connectivity index (χ0n) is 20.0. The van der Waals surface area contributed by atoms with Crippen molar-refractivity contribution in [2.75, 3.05) is 32.1 Å². The average molecular weight is 444 g/mol. The summed E-state index contributed by atoms with van der Waals surface area (Å²) in [4.78, 5) is 5.26. The van der Waals surface area contributed by atoms with Gasteiger partial charge in [0.15, 0.2) is 0 Å². The highest BCUT2D eigenvalue weighted by molar-refractivity contribution is 5.47. The fourth-order valence-corrected chi connectivity index (χ4v) is 4.68. The summed E-state index contributed by atoms with van der Waals surface area (Å²) in [6.45, 7) is 7.73. The molecule has 4 nitrogen and oxygen atoms in total. The summed E-state index contributed by atoms with van der Waals surface area (Å²) < 4.78 is 5.27. The molecule has 0 radical (unpaired) electrons. The second-order valence-corrected chi connectivity index (χ2v) is 9.17. The Balaban J connectivity index is 1.31. The van der Waals surface area contributed by atoms with E-state index in [9.17, 15) is 0 Å². The molecule has 0 bridgehead atoms. The summed E-state index contributed by atoms with van der Waals surface area (Å²) in [5.41, 5.74) is 3.94. The Morgan fingerprint density at radius 3 is 1.91 bits per heavy atom. The van der Waals surface area contributed by atoms with Gasteiger partial charge in [0, 0.05) is 50.5 Å². The van der Waals surface area contributed by atoms with E-state index in [0.717, 1.165) is 38.5 Å². The number of rotatable bonds is 10. The van der Waals surface area contributed by atoms with Gasteiger partial charge in [0.1, 0.15) is 5.75 Å². The first-order chi connectivity index (χ1) is 16.2. The molecule has 0 amide bonds. The second-order valence-electron chi connectivity index (χ2n) is 9.17. The van der Waals surface area contributed by atoms with Gasteiger partial charge in [-0.3, -0.25) is 4.90 Å². The number of hydrogen-bond acceptors (Lipinski definition) is 4. The third-order valence-electron chi connectivity index (χ3n) is 6.65. The van der Waals surface area contributed by atoms with Crippen LogP contribution in [-0.2, 0) is 13.1 Å². The van der Waals surface area contributed by atoms with Crippen LogP contribution in [0.1, 0.15) is 30.9 Å². The number of anilines is 1. The van der Waals surface area contributed by atoms with Crippen LogP contribution in [0.3, 0.4) is 0 Å². The van der Waals surface area contributed by atoms with E-state index in [2.05, 4.69) is 94.8 Å². The molecule has 0 aliphatic carbocycles. The standard InChI is InChI=1S/C29H37N3O/c1-24(32(22-25-9-5-3-6-10-25)23-26-11-7-4-8-12-26)21-31-19-17-28(18-20-31)30-27-13-15-29(33-2)16-14-27/h3-16,24,28,30H,17-23H2,1-2H3/t24-/m0/s1. The Labute approximate surface area is 199 Å². The van der Waals surface area contributed by atoms with Crippen LogP contribution in [0.15, 0.2) is 84.9 Å². The smallest absolute Gasteiger partial charge is 0.119 e. The molecule has 0 spiro atoms. The number of nitrogens with zero attached hydrogens (tertiary/aromatic N) is 2. The van der Waals surface area contributed by atoms with E-state index in [1.54, 1.807) is 7.11 Å². The third kappa shape index (κ3) is 7.08. The summed E-state index contributed by atoms with van der Waals surface area (Å²) in [5.74, 6) is 0.903. The van der Waals surface area contributed by atoms with Gasteiger partial charge in [-0.1, -0.05) is 60.7 Å². The quantitative estimate of drug-likeness (QED) is 0.437. The Kier molecular flexibility index (Phi) is 8.40. The van der Waals surface area contributed by atoms with Gasteiger partial charge in [0.2, 0.25) is 0 Å². The van der Waals surface area contributed by atoms with Gasteiger partial charge in [0.05, 0.1) is 7.11 Å². The summed E-state index contributed by atoms with van der Waals surface area (Å²) in [6, 6.07) is 31.0. The number of likely N-dealkylation sites (tertiary alicyclic amines) is 1. The zero-order valence-corrected chi connectivity index (χ0v) is 20.0. The molecule has 1 saturated heterocycles. The SMILES string of the molecule is COc1ccc(NC2CCN(C[C@H](C)N(Cc3ccccc3)Cc3ccccc3)CC2)cc1. The summed E-state index contributed by atoms with van der Waals surface area (Å²) >= 11 is 0. The van der Waals surface area contributed by atoms with E-state index >= 15 is 0 Å². The third-order valence-corrected chi connectivity index (χ3v) is 6.65. The molecular formula is C29H37N3O. The van der Waals surface area contributed by atoms with Crippen molar-refractivity contribution in [2.45, 2.75) is 44.9 Å². The van der Waals surface area contributed by atoms with Crippen molar-refractivity contribution in [2.24, 2.45) is 0 Å². The van der Waals surface area contributed by atoms with Crippen LogP contribution in [0, 0.1) is 0 Å². The van der Waals surface area contributed by atoms with Crippen LogP contribution in [-0.4, -0.2) is 48.6 Å². The first-order valence-electron chi connectivity index (χ1n) is 12.1. The predicted octanol–water partition coefficient (Wildman–Crippen LogP) is 5.66. The molecule has 1 atom stereocenters. The molecule has 1 aliphatic heterocycles. The lowest BCUT2D eigenvalue weighted by Gasteiger charge is -2.37. The van der Waals surface area contributed by atoms with E-state index < -0.39 is 0 Å². The molecule has 174 valence electrons. The van der Waals surface area contributed by atoms with Crippen LogP contribution in [0.2, 0.25) is 0 Å². The number of methoxy groups -OCH3 is 1. The molecule has 1 heterocycles. The molecule has 0 unspecified atom stereocenters. The zero-order chi connectivity index (χ0) is 22.9. The first-order valence-corrected chi connectivity index (χ1v) is 12.1. The number of hydrogen-bond donors (Lipinski definition) is 1. The van der Waals surface area contributed by atoms with Gasteiger partial charge in [0.25, 0.3) is 0 Å². The number of piperidine rings is 1. The van der Waals surface area contributed by atoms with Gasteiger partial charge >= 0.3 is 0 Å². The van der Waals surface area contributed by atoms with E-state index in [1.165, 1.54) is 29.7 Å².